The van der Waals surface area contributed by atoms with Crippen molar-refractivity contribution >= 4 is 5.97 Å². The average molecular weight is 164 g/mol. The Kier molecular flexibility index (Phi) is 1.80. The van der Waals surface area contributed by atoms with Crippen LogP contribution in [0.5, 0.6) is 5.75 Å². The van der Waals surface area contributed by atoms with Gasteiger partial charge < -0.3 is 9.47 Å². The molecule has 0 unspecified atom stereocenters. The predicted octanol–water partition coefficient (Wildman–Crippen LogP) is 0.991. The number of epoxide rings is 1. The highest BCUT2D eigenvalue weighted by Crippen LogP contribution is 2.15. The van der Waals surface area contributed by atoms with Gasteiger partial charge in [0.1, 0.15) is 5.75 Å². The summed E-state index contributed by atoms with van der Waals surface area (Å²) in [5.74, 6) is 0.263. The van der Waals surface area contributed by atoms with Crippen LogP contribution < -0.4 is 4.74 Å². The van der Waals surface area contributed by atoms with Crippen LogP contribution in [0.4, 0.5) is 0 Å². The van der Waals surface area contributed by atoms with Crippen LogP contribution >= 0.6 is 0 Å². The lowest BCUT2D eigenvalue weighted by Gasteiger charge is -1.99. The molecule has 3 heteroatoms. The molecule has 0 spiro atoms. The summed E-state index contributed by atoms with van der Waals surface area (Å²) in [6, 6.07) is 8.97. The van der Waals surface area contributed by atoms with Gasteiger partial charge in [-0.05, 0) is 12.1 Å². The Balaban J connectivity index is 1.98. The van der Waals surface area contributed by atoms with Crippen molar-refractivity contribution in [3.05, 3.63) is 30.3 Å². The van der Waals surface area contributed by atoms with Gasteiger partial charge in [-0.2, -0.15) is 0 Å². The van der Waals surface area contributed by atoms with E-state index in [1.165, 1.54) is 0 Å². The number of carbonyl (C=O) groups excluding carboxylic acids is 1. The first kappa shape index (κ1) is 7.31. The molecule has 0 amide bonds. The van der Waals surface area contributed by atoms with Crippen molar-refractivity contribution in [3.8, 4) is 5.75 Å². The molecule has 1 aromatic carbocycles. The molecule has 0 saturated carbocycles. The quantitative estimate of drug-likeness (QED) is 0.371. The number of hydrogen-bond acceptors (Lipinski definition) is 3. The maximum Gasteiger partial charge on any atom is 0.343 e. The monoisotopic (exact) mass is 164 g/mol. The number of benzene rings is 1. The molecule has 1 heterocycles. The van der Waals surface area contributed by atoms with Gasteiger partial charge in [-0.25, -0.2) is 4.79 Å². The van der Waals surface area contributed by atoms with Gasteiger partial charge in [0.2, 0.25) is 0 Å². The van der Waals surface area contributed by atoms with Crippen molar-refractivity contribution in [3.63, 3.8) is 0 Å². The molecule has 0 radical (unpaired) electrons. The van der Waals surface area contributed by atoms with Crippen LogP contribution in [0.1, 0.15) is 0 Å². The van der Waals surface area contributed by atoms with Crippen LogP contribution in [-0.2, 0) is 9.53 Å². The van der Waals surface area contributed by atoms with E-state index in [1.807, 2.05) is 18.2 Å². The molecule has 62 valence electrons. The highest BCUT2D eigenvalue weighted by atomic mass is 16.6. The van der Waals surface area contributed by atoms with Crippen molar-refractivity contribution in [2.24, 2.45) is 0 Å². The number of para-hydroxylation sites is 1. The number of carbonyl (C=O) groups is 1. The van der Waals surface area contributed by atoms with Crippen molar-refractivity contribution in [2.75, 3.05) is 6.61 Å². The normalized spacial score (nSPS) is 20.2. The fourth-order valence-electron chi connectivity index (χ4n) is 0.855. The minimum absolute atomic E-state index is 0.304. The minimum atomic E-state index is -0.329. The summed E-state index contributed by atoms with van der Waals surface area (Å²) in [5, 5.41) is 0. The van der Waals surface area contributed by atoms with Crippen LogP contribution in [0.25, 0.3) is 0 Å². The summed E-state index contributed by atoms with van der Waals surface area (Å²) in [6.45, 7) is 0.492. The molecule has 12 heavy (non-hydrogen) atoms. The smallest absolute Gasteiger partial charge is 0.343 e. The summed E-state index contributed by atoms with van der Waals surface area (Å²) >= 11 is 0. The molecule has 1 fully saturated rings. The average Bonchev–Trinajstić information content (AvgIpc) is 2.88. The second kappa shape index (κ2) is 2.95. The van der Waals surface area contributed by atoms with Crippen molar-refractivity contribution in [1.82, 2.24) is 0 Å². The number of ether oxygens (including phenoxy) is 2. The van der Waals surface area contributed by atoms with Crippen LogP contribution in [0.2, 0.25) is 0 Å². The Labute approximate surface area is 69.9 Å². The molecule has 1 aliphatic rings. The number of esters is 1. The molecule has 0 N–H and O–H groups in total. The van der Waals surface area contributed by atoms with E-state index < -0.39 is 0 Å². The van der Waals surface area contributed by atoms with E-state index in [-0.39, 0.29) is 12.1 Å². The van der Waals surface area contributed by atoms with Gasteiger partial charge >= 0.3 is 5.97 Å². The summed E-state index contributed by atoms with van der Waals surface area (Å²) < 4.78 is 9.74. The van der Waals surface area contributed by atoms with Gasteiger partial charge in [0.05, 0.1) is 6.61 Å². The lowest BCUT2D eigenvalue weighted by atomic mass is 10.3. The number of rotatable bonds is 2. The maximum absolute atomic E-state index is 11.0. The van der Waals surface area contributed by atoms with Crippen LogP contribution in [0, 0.1) is 0 Å². The topological polar surface area (TPSA) is 38.8 Å². The Morgan fingerprint density at radius 2 is 2.08 bits per heavy atom. The summed E-state index contributed by atoms with van der Waals surface area (Å²) in [7, 11) is 0. The van der Waals surface area contributed by atoms with E-state index in [1.54, 1.807) is 12.1 Å². The standard InChI is InChI=1S/C9H8O3/c10-9(8-6-11-8)12-7-4-2-1-3-5-7/h1-5,8H,6H2/t8-/m1/s1. The van der Waals surface area contributed by atoms with Crippen molar-refractivity contribution < 1.29 is 14.3 Å². The molecular weight excluding hydrogens is 156 g/mol. The highest BCUT2D eigenvalue weighted by Gasteiger charge is 2.33. The van der Waals surface area contributed by atoms with Gasteiger partial charge in [-0.3, -0.25) is 0 Å². The summed E-state index contributed by atoms with van der Waals surface area (Å²) in [6.07, 6.45) is -0.329. The molecule has 1 aromatic rings. The maximum atomic E-state index is 11.0. The second-order valence-corrected chi connectivity index (χ2v) is 2.56. The molecule has 3 nitrogen and oxygen atoms in total. The molecule has 0 bridgehead atoms. The molecule has 1 saturated heterocycles. The Morgan fingerprint density at radius 3 is 2.67 bits per heavy atom. The molecule has 0 aliphatic carbocycles. The lowest BCUT2D eigenvalue weighted by molar-refractivity contribution is -0.135. The second-order valence-electron chi connectivity index (χ2n) is 2.56. The first-order valence-electron chi connectivity index (χ1n) is 3.74. The van der Waals surface area contributed by atoms with Gasteiger partial charge in [0, 0.05) is 0 Å². The van der Waals surface area contributed by atoms with E-state index in [0.717, 1.165) is 0 Å². The van der Waals surface area contributed by atoms with Gasteiger partial charge in [-0.15, -0.1) is 0 Å². The fourth-order valence-corrected chi connectivity index (χ4v) is 0.855. The van der Waals surface area contributed by atoms with Gasteiger partial charge in [0.25, 0.3) is 0 Å². The Bertz CT molecular complexity index is 277. The number of hydrogen-bond donors (Lipinski definition) is 0. The van der Waals surface area contributed by atoms with E-state index >= 15 is 0 Å². The summed E-state index contributed by atoms with van der Waals surface area (Å²) in [5.41, 5.74) is 0. The molecule has 2 rings (SSSR count). The zero-order valence-electron chi connectivity index (χ0n) is 6.40. The van der Waals surface area contributed by atoms with Crippen LogP contribution in [0.3, 0.4) is 0 Å². The third kappa shape index (κ3) is 1.62. The SMILES string of the molecule is O=C(Oc1ccccc1)[C@H]1CO1. The fraction of sp³-hybridized carbons (Fsp3) is 0.222. The lowest BCUT2D eigenvalue weighted by Crippen LogP contribution is -2.14. The third-order valence-electron chi connectivity index (χ3n) is 1.56. The predicted molar refractivity (Wildman–Crippen MR) is 41.8 cm³/mol. The minimum Gasteiger partial charge on any atom is -0.425 e. The zero-order chi connectivity index (χ0) is 8.39. The Hall–Kier alpha value is -1.35. The first-order chi connectivity index (χ1) is 5.86. The van der Waals surface area contributed by atoms with E-state index in [9.17, 15) is 4.79 Å². The molecule has 0 aromatic heterocycles. The van der Waals surface area contributed by atoms with Crippen LogP contribution in [0.15, 0.2) is 30.3 Å². The zero-order valence-corrected chi connectivity index (χ0v) is 6.40. The largest absolute Gasteiger partial charge is 0.425 e. The summed E-state index contributed by atoms with van der Waals surface area (Å²) in [4.78, 5) is 11.0. The molecule has 1 aliphatic heterocycles. The van der Waals surface area contributed by atoms with E-state index in [0.29, 0.717) is 12.4 Å². The van der Waals surface area contributed by atoms with Gasteiger partial charge in [0.15, 0.2) is 6.10 Å². The highest BCUT2D eigenvalue weighted by molar-refractivity contribution is 5.79. The first-order valence-corrected chi connectivity index (χ1v) is 3.74. The molecular formula is C9H8O3. The van der Waals surface area contributed by atoms with Crippen molar-refractivity contribution in [2.45, 2.75) is 6.10 Å². The van der Waals surface area contributed by atoms with Crippen molar-refractivity contribution in [1.29, 1.82) is 0 Å². The van der Waals surface area contributed by atoms with E-state index in [4.69, 9.17) is 9.47 Å². The van der Waals surface area contributed by atoms with E-state index in [2.05, 4.69) is 0 Å². The molecule has 1 atom stereocenters. The van der Waals surface area contributed by atoms with Gasteiger partial charge in [-0.1, -0.05) is 18.2 Å². The third-order valence-corrected chi connectivity index (χ3v) is 1.56. The van der Waals surface area contributed by atoms with Crippen LogP contribution in [-0.4, -0.2) is 18.7 Å². The Morgan fingerprint density at radius 1 is 1.42 bits per heavy atom.